The molecule has 0 saturated carbocycles. The van der Waals surface area contributed by atoms with Crippen LogP contribution in [0.5, 0.6) is 0 Å². The highest BCUT2D eigenvalue weighted by Crippen LogP contribution is 2.24. The van der Waals surface area contributed by atoms with Gasteiger partial charge in [-0.3, -0.25) is 4.79 Å². The van der Waals surface area contributed by atoms with Gasteiger partial charge in [-0.15, -0.1) is 0 Å². The minimum atomic E-state index is -3.45. The molecule has 0 spiro atoms. The summed E-state index contributed by atoms with van der Waals surface area (Å²) >= 11 is 5.86. The summed E-state index contributed by atoms with van der Waals surface area (Å²) in [5.41, 5.74) is 0.916. The van der Waals surface area contributed by atoms with Crippen molar-refractivity contribution < 1.29 is 17.6 Å². The van der Waals surface area contributed by atoms with Gasteiger partial charge in [0.2, 0.25) is 0 Å². The van der Waals surface area contributed by atoms with Crippen LogP contribution in [0.3, 0.4) is 0 Å². The summed E-state index contributed by atoms with van der Waals surface area (Å²) in [5, 5.41) is 0.571. The number of sulfone groups is 1. The summed E-state index contributed by atoms with van der Waals surface area (Å²) in [4.78, 5) is 16.2. The van der Waals surface area contributed by atoms with Crippen LogP contribution in [0.2, 0.25) is 5.02 Å². The van der Waals surface area contributed by atoms with E-state index in [0.29, 0.717) is 48.9 Å². The Kier molecular flexibility index (Phi) is 5.72. The van der Waals surface area contributed by atoms with E-state index in [0.717, 1.165) is 12.3 Å². The Hall–Kier alpha value is -2.12. The van der Waals surface area contributed by atoms with Crippen molar-refractivity contribution in [3.63, 3.8) is 0 Å². The number of carbonyl (C=O) groups is 1. The molecule has 2 aromatic rings. The van der Waals surface area contributed by atoms with Crippen molar-refractivity contribution in [1.82, 2.24) is 4.90 Å². The molecule has 0 N–H and O–H groups in total. The zero-order chi connectivity index (χ0) is 19.6. The molecule has 0 radical (unpaired) electrons. The van der Waals surface area contributed by atoms with E-state index < -0.39 is 15.7 Å². The van der Waals surface area contributed by atoms with E-state index in [1.54, 1.807) is 29.2 Å². The lowest BCUT2D eigenvalue weighted by molar-refractivity contribution is 0.0767. The monoisotopic (exact) mass is 410 g/mol. The third kappa shape index (κ3) is 4.59. The molecule has 3 rings (SSSR count). The lowest BCUT2D eigenvalue weighted by atomic mass is 10.2. The summed E-state index contributed by atoms with van der Waals surface area (Å²) in [5.74, 6) is -0.656. The van der Waals surface area contributed by atoms with Gasteiger partial charge in [-0.25, -0.2) is 12.8 Å². The molecule has 1 amide bonds. The SMILES string of the molecule is CS(=O)(=O)c1ccc(N2CCCN(C(=O)c3ccc(Cl)cc3)CC2)c(F)c1. The highest BCUT2D eigenvalue weighted by atomic mass is 35.5. The third-order valence-electron chi connectivity index (χ3n) is 4.56. The number of hydrogen-bond donors (Lipinski definition) is 0. The van der Waals surface area contributed by atoms with Crippen LogP contribution in [-0.4, -0.2) is 51.7 Å². The zero-order valence-electron chi connectivity index (χ0n) is 14.9. The molecular weight excluding hydrogens is 391 g/mol. The Morgan fingerprint density at radius 2 is 1.74 bits per heavy atom. The van der Waals surface area contributed by atoms with Gasteiger partial charge in [0.1, 0.15) is 5.82 Å². The van der Waals surface area contributed by atoms with E-state index in [1.807, 2.05) is 4.90 Å². The van der Waals surface area contributed by atoms with Crippen LogP contribution in [0.15, 0.2) is 47.4 Å². The molecule has 1 fully saturated rings. The van der Waals surface area contributed by atoms with Crippen LogP contribution in [0.4, 0.5) is 10.1 Å². The molecule has 0 bridgehead atoms. The second-order valence-electron chi connectivity index (χ2n) is 6.53. The first-order valence-corrected chi connectivity index (χ1v) is 10.8. The fraction of sp³-hybridized carbons (Fsp3) is 0.316. The largest absolute Gasteiger partial charge is 0.367 e. The van der Waals surface area contributed by atoms with Gasteiger partial charge in [0.15, 0.2) is 9.84 Å². The normalized spacial score (nSPS) is 15.5. The Bertz CT molecular complexity index is 948. The second kappa shape index (κ2) is 7.86. The number of rotatable bonds is 3. The van der Waals surface area contributed by atoms with Gasteiger partial charge in [-0.2, -0.15) is 0 Å². The Labute approximate surface area is 163 Å². The molecule has 2 aromatic carbocycles. The van der Waals surface area contributed by atoms with Gasteiger partial charge >= 0.3 is 0 Å². The standard InChI is InChI=1S/C19H20ClFN2O3S/c1-27(25,26)16-7-8-18(17(21)13-16)22-9-2-10-23(12-11-22)19(24)14-3-5-15(20)6-4-14/h3-8,13H,2,9-12H2,1H3. The topological polar surface area (TPSA) is 57.7 Å². The molecule has 1 saturated heterocycles. The maximum absolute atomic E-state index is 14.5. The Morgan fingerprint density at radius 3 is 2.37 bits per heavy atom. The molecule has 5 nitrogen and oxygen atoms in total. The van der Waals surface area contributed by atoms with Crippen LogP contribution in [0.1, 0.15) is 16.8 Å². The number of hydrogen-bond acceptors (Lipinski definition) is 4. The molecule has 0 aromatic heterocycles. The molecule has 144 valence electrons. The van der Waals surface area contributed by atoms with Crippen LogP contribution in [0, 0.1) is 5.82 Å². The number of carbonyl (C=O) groups excluding carboxylic acids is 1. The molecule has 0 unspecified atom stereocenters. The van der Waals surface area contributed by atoms with Crippen molar-refractivity contribution in [3.05, 3.63) is 58.9 Å². The molecule has 0 atom stereocenters. The average Bonchev–Trinajstić information content (AvgIpc) is 2.87. The first-order chi connectivity index (χ1) is 12.8. The lowest BCUT2D eigenvalue weighted by Crippen LogP contribution is -2.35. The summed E-state index contributed by atoms with van der Waals surface area (Å²) in [7, 11) is -3.45. The summed E-state index contributed by atoms with van der Waals surface area (Å²) in [6.07, 6.45) is 1.74. The number of halogens is 2. The van der Waals surface area contributed by atoms with Crippen LogP contribution >= 0.6 is 11.6 Å². The fourth-order valence-electron chi connectivity index (χ4n) is 3.11. The number of anilines is 1. The molecule has 27 heavy (non-hydrogen) atoms. The molecule has 1 heterocycles. The van der Waals surface area contributed by atoms with Gasteiger partial charge in [0.05, 0.1) is 10.6 Å². The van der Waals surface area contributed by atoms with Crippen LogP contribution < -0.4 is 4.90 Å². The molecule has 0 aliphatic carbocycles. The van der Waals surface area contributed by atoms with E-state index in [2.05, 4.69) is 0 Å². The van der Waals surface area contributed by atoms with Crippen molar-refractivity contribution in [2.24, 2.45) is 0 Å². The van der Waals surface area contributed by atoms with Crippen molar-refractivity contribution in [1.29, 1.82) is 0 Å². The van der Waals surface area contributed by atoms with Crippen molar-refractivity contribution in [2.45, 2.75) is 11.3 Å². The predicted octanol–water partition coefficient (Wildman–Crippen LogP) is 3.24. The third-order valence-corrected chi connectivity index (χ3v) is 5.92. The van der Waals surface area contributed by atoms with E-state index in [1.165, 1.54) is 12.1 Å². The summed E-state index contributed by atoms with van der Waals surface area (Å²) < 4.78 is 37.6. The first kappa shape index (κ1) is 19.6. The van der Waals surface area contributed by atoms with Crippen LogP contribution in [0.25, 0.3) is 0 Å². The number of nitrogens with zero attached hydrogens (tertiary/aromatic N) is 2. The van der Waals surface area contributed by atoms with Gasteiger partial charge in [0, 0.05) is 43.0 Å². The molecule has 8 heteroatoms. The van der Waals surface area contributed by atoms with E-state index in [4.69, 9.17) is 11.6 Å². The quantitative estimate of drug-likeness (QED) is 0.779. The van der Waals surface area contributed by atoms with Crippen molar-refractivity contribution >= 4 is 33.0 Å². The zero-order valence-corrected chi connectivity index (χ0v) is 16.4. The smallest absolute Gasteiger partial charge is 0.253 e. The minimum Gasteiger partial charge on any atom is -0.367 e. The van der Waals surface area contributed by atoms with Gasteiger partial charge in [-0.05, 0) is 48.9 Å². The lowest BCUT2D eigenvalue weighted by Gasteiger charge is -2.24. The number of amides is 1. The van der Waals surface area contributed by atoms with Gasteiger partial charge in [0.25, 0.3) is 5.91 Å². The van der Waals surface area contributed by atoms with E-state index in [-0.39, 0.29) is 10.8 Å². The average molecular weight is 411 g/mol. The summed E-state index contributed by atoms with van der Waals surface area (Å²) in [6.45, 7) is 2.07. The highest BCUT2D eigenvalue weighted by molar-refractivity contribution is 7.90. The maximum atomic E-state index is 14.5. The van der Waals surface area contributed by atoms with Gasteiger partial charge < -0.3 is 9.80 Å². The Morgan fingerprint density at radius 1 is 1.04 bits per heavy atom. The van der Waals surface area contributed by atoms with Crippen LogP contribution in [-0.2, 0) is 9.84 Å². The van der Waals surface area contributed by atoms with E-state index in [9.17, 15) is 17.6 Å². The molecular formula is C19H20ClFN2O3S. The predicted molar refractivity (Wildman–Crippen MR) is 104 cm³/mol. The first-order valence-electron chi connectivity index (χ1n) is 8.55. The highest BCUT2D eigenvalue weighted by Gasteiger charge is 2.22. The summed E-state index contributed by atoms with van der Waals surface area (Å²) in [6, 6.07) is 10.7. The Balaban J connectivity index is 1.73. The maximum Gasteiger partial charge on any atom is 0.253 e. The minimum absolute atomic E-state index is 0.0434. The molecule has 1 aliphatic heterocycles. The van der Waals surface area contributed by atoms with Crippen molar-refractivity contribution in [2.75, 3.05) is 37.3 Å². The fourth-order valence-corrected chi connectivity index (χ4v) is 3.87. The van der Waals surface area contributed by atoms with Crippen molar-refractivity contribution in [3.8, 4) is 0 Å². The molecule has 1 aliphatic rings. The number of benzene rings is 2. The van der Waals surface area contributed by atoms with Gasteiger partial charge in [-0.1, -0.05) is 11.6 Å². The second-order valence-corrected chi connectivity index (χ2v) is 8.98. The van der Waals surface area contributed by atoms with E-state index >= 15 is 0 Å².